The molecule has 2 N–H and O–H groups in total. The zero-order valence-electron chi connectivity index (χ0n) is 11.7. The number of benzene rings is 1. The lowest BCUT2D eigenvalue weighted by atomic mass is 10.1. The minimum Gasteiger partial charge on any atom is -0.444 e. The van der Waals surface area contributed by atoms with Gasteiger partial charge in [-0.05, 0) is 52.4 Å². The molecule has 1 atom stereocenters. The minimum absolute atomic E-state index is 0.241. The molecule has 0 heterocycles. The Morgan fingerprint density at radius 2 is 2.00 bits per heavy atom. The van der Waals surface area contributed by atoms with E-state index in [0.717, 1.165) is 11.3 Å². The van der Waals surface area contributed by atoms with Crippen LogP contribution in [0.15, 0.2) is 24.3 Å². The molecule has 0 saturated carbocycles. The number of hydrogen-bond acceptors (Lipinski definition) is 3. The van der Waals surface area contributed by atoms with Gasteiger partial charge in [-0.1, -0.05) is 12.1 Å². The summed E-state index contributed by atoms with van der Waals surface area (Å²) in [5, 5.41) is 5.88. The third-order valence-electron chi connectivity index (χ3n) is 2.46. The highest BCUT2D eigenvalue weighted by Gasteiger charge is 2.16. The molecule has 100 valence electrons. The van der Waals surface area contributed by atoms with Crippen LogP contribution < -0.4 is 10.6 Å². The van der Waals surface area contributed by atoms with Gasteiger partial charge in [0.1, 0.15) is 5.60 Å². The largest absolute Gasteiger partial charge is 0.444 e. The summed E-state index contributed by atoms with van der Waals surface area (Å²) in [5.41, 5.74) is 1.37. The minimum atomic E-state index is -0.486. The molecule has 0 aliphatic carbocycles. The Hall–Kier alpha value is -1.55. The van der Waals surface area contributed by atoms with Crippen LogP contribution >= 0.6 is 0 Å². The van der Waals surface area contributed by atoms with Crippen molar-refractivity contribution in [1.29, 1.82) is 0 Å². The average molecular weight is 250 g/mol. The molecular formula is C14H22N2O2. The molecule has 18 heavy (non-hydrogen) atoms. The van der Waals surface area contributed by atoms with Crippen molar-refractivity contribution >= 4 is 11.8 Å². The first-order valence-corrected chi connectivity index (χ1v) is 6.09. The molecule has 1 aromatic rings. The number of nitrogens with one attached hydrogen (secondary N) is 2. The molecular weight excluding hydrogens is 228 g/mol. The summed E-state index contributed by atoms with van der Waals surface area (Å²) in [6.45, 7) is 7.58. The highest BCUT2D eigenvalue weighted by Crippen LogP contribution is 2.18. The normalized spacial score (nSPS) is 12.9. The SMILES string of the molecule is CN[C@H](C)c1cccc(NC(=O)OC(C)(C)C)c1. The van der Waals surface area contributed by atoms with Gasteiger partial charge in [-0.15, -0.1) is 0 Å². The monoisotopic (exact) mass is 250 g/mol. The Bertz CT molecular complexity index is 411. The van der Waals surface area contributed by atoms with E-state index in [1.165, 1.54) is 0 Å². The Kier molecular flexibility index (Phi) is 4.73. The zero-order valence-corrected chi connectivity index (χ0v) is 11.7. The molecule has 0 aliphatic rings. The molecule has 0 saturated heterocycles. The molecule has 1 amide bonds. The van der Waals surface area contributed by atoms with Crippen molar-refractivity contribution in [3.8, 4) is 0 Å². The van der Waals surface area contributed by atoms with Gasteiger partial charge in [-0.2, -0.15) is 0 Å². The standard InChI is InChI=1S/C14H22N2O2/c1-10(15-5)11-7-6-8-12(9-11)16-13(17)18-14(2,3)4/h6-10,15H,1-5H3,(H,16,17)/t10-/m1/s1. The van der Waals surface area contributed by atoms with E-state index >= 15 is 0 Å². The molecule has 0 bridgehead atoms. The summed E-state index contributed by atoms with van der Waals surface area (Å²) in [6, 6.07) is 7.95. The van der Waals surface area contributed by atoms with Crippen LogP contribution in [0.2, 0.25) is 0 Å². The van der Waals surface area contributed by atoms with Gasteiger partial charge < -0.3 is 10.1 Å². The molecule has 0 fully saturated rings. The Morgan fingerprint density at radius 1 is 1.33 bits per heavy atom. The van der Waals surface area contributed by atoms with E-state index in [2.05, 4.69) is 17.6 Å². The van der Waals surface area contributed by atoms with E-state index in [-0.39, 0.29) is 6.04 Å². The maximum absolute atomic E-state index is 11.6. The van der Waals surface area contributed by atoms with Crippen molar-refractivity contribution in [3.05, 3.63) is 29.8 Å². The summed E-state index contributed by atoms with van der Waals surface area (Å²) in [5.74, 6) is 0. The summed E-state index contributed by atoms with van der Waals surface area (Å²) in [7, 11) is 1.90. The van der Waals surface area contributed by atoms with E-state index in [1.54, 1.807) is 0 Å². The second-order valence-corrected chi connectivity index (χ2v) is 5.26. The fourth-order valence-electron chi connectivity index (χ4n) is 1.47. The number of hydrogen-bond donors (Lipinski definition) is 2. The lowest BCUT2D eigenvalue weighted by Crippen LogP contribution is -2.27. The van der Waals surface area contributed by atoms with E-state index in [9.17, 15) is 4.79 Å². The van der Waals surface area contributed by atoms with Crippen molar-refractivity contribution in [2.24, 2.45) is 0 Å². The number of rotatable bonds is 3. The van der Waals surface area contributed by atoms with Crippen LogP contribution in [-0.2, 0) is 4.74 Å². The van der Waals surface area contributed by atoms with Crippen molar-refractivity contribution in [1.82, 2.24) is 5.32 Å². The molecule has 0 unspecified atom stereocenters. The molecule has 4 heteroatoms. The summed E-state index contributed by atoms with van der Waals surface area (Å²) >= 11 is 0. The molecule has 1 rings (SSSR count). The van der Waals surface area contributed by atoms with Crippen LogP contribution in [-0.4, -0.2) is 18.7 Å². The van der Waals surface area contributed by atoms with Gasteiger partial charge >= 0.3 is 6.09 Å². The zero-order chi connectivity index (χ0) is 13.8. The van der Waals surface area contributed by atoms with Crippen LogP contribution in [0.5, 0.6) is 0 Å². The van der Waals surface area contributed by atoms with Crippen LogP contribution in [0, 0.1) is 0 Å². The van der Waals surface area contributed by atoms with Crippen LogP contribution in [0.3, 0.4) is 0 Å². The number of amides is 1. The first-order valence-electron chi connectivity index (χ1n) is 6.09. The Balaban J connectivity index is 2.71. The number of carbonyl (C=O) groups excluding carboxylic acids is 1. The molecule has 0 aliphatic heterocycles. The van der Waals surface area contributed by atoms with Gasteiger partial charge in [0.15, 0.2) is 0 Å². The van der Waals surface area contributed by atoms with E-state index in [0.29, 0.717) is 0 Å². The highest BCUT2D eigenvalue weighted by atomic mass is 16.6. The van der Waals surface area contributed by atoms with E-state index < -0.39 is 11.7 Å². The maximum atomic E-state index is 11.6. The van der Waals surface area contributed by atoms with E-state index in [1.807, 2.05) is 52.1 Å². The predicted molar refractivity (Wildman–Crippen MR) is 73.8 cm³/mol. The van der Waals surface area contributed by atoms with Crippen molar-refractivity contribution in [3.63, 3.8) is 0 Å². The summed E-state index contributed by atoms with van der Waals surface area (Å²) in [4.78, 5) is 11.6. The van der Waals surface area contributed by atoms with Crippen LogP contribution in [0.25, 0.3) is 0 Å². The van der Waals surface area contributed by atoms with Gasteiger partial charge in [-0.25, -0.2) is 4.79 Å². The molecule has 0 aromatic heterocycles. The Labute approximate surface area is 109 Å². The van der Waals surface area contributed by atoms with Crippen molar-refractivity contribution in [2.45, 2.75) is 39.3 Å². The third kappa shape index (κ3) is 4.75. The molecule has 1 aromatic carbocycles. The summed E-state index contributed by atoms with van der Waals surface area (Å²) in [6.07, 6.45) is -0.434. The number of anilines is 1. The molecule has 0 radical (unpaired) electrons. The van der Waals surface area contributed by atoms with Crippen LogP contribution in [0.4, 0.5) is 10.5 Å². The first-order chi connectivity index (χ1) is 8.31. The topological polar surface area (TPSA) is 50.4 Å². The highest BCUT2D eigenvalue weighted by molar-refractivity contribution is 5.84. The number of carbonyl (C=O) groups is 1. The average Bonchev–Trinajstić information content (AvgIpc) is 2.25. The molecule has 4 nitrogen and oxygen atoms in total. The smallest absolute Gasteiger partial charge is 0.412 e. The fourth-order valence-corrected chi connectivity index (χ4v) is 1.47. The molecule has 0 spiro atoms. The second kappa shape index (κ2) is 5.87. The van der Waals surface area contributed by atoms with Gasteiger partial charge in [0.25, 0.3) is 0 Å². The fraction of sp³-hybridized carbons (Fsp3) is 0.500. The first kappa shape index (κ1) is 14.5. The lowest BCUT2D eigenvalue weighted by molar-refractivity contribution is 0.0636. The van der Waals surface area contributed by atoms with Gasteiger partial charge in [-0.3, -0.25) is 5.32 Å². The van der Waals surface area contributed by atoms with Gasteiger partial charge in [0, 0.05) is 11.7 Å². The summed E-state index contributed by atoms with van der Waals surface area (Å²) < 4.78 is 5.20. The van der Waals surface area contributed by atoms with Crippen LogP contribution in [0.1, 0.15) is 39.3 Å². The van der Waals surface area contributed by atoms with Gasteiger partial charge in [0.05, 0.1) is 0 Å². The van der Waals surface area contributed by atoms with E-state index in [4.69, 9.17) is 4.74 Å². The maximum Gasteiger partial charge on any atom is 0.412 e. The lowest BCUT2D eigenvalue weighted by Gasteiger charge is -2.20. The second-order valence-electron chi connectivity index (χ2n) is 5.26. The predicted octanol–water partition coefficient (Wildman–Crippen LogP) is 3.31. The van der Waals surface area contributed by atoms with Crippen molar-refractivity contribution < 1.29 is 9.53 Å². The van der Waals surface area contributed by atoms with Gasteiger partial charge in [0.2, 0.25) is 0 Å². The Morgan fingerprint density at radius 3 is 2.56 bits per heavy atom. The van der Waals surface area contributed by atoms with Crippen molar-refractivity contribution in [2.75, 3.05) is 12.4 Å². The number of ether oxygens (including phenoxy) is 1. The third-order valence-corrected chi connectivity index (χ3v) is 2.46. The quantitative estimate of drug-likeness (QED) is 0.865.